The number of aromatic nitrogens is 6. The molecule has 2 unspecified atom stereocenters. The Bertz CT molecular complexity index is 1360. The van der Waals surface area contributed by atoms with Gasteiger partial charge >= 0.3 is 0 Å². The van der Waals surface area contributed by atoms with E-state index in [1.54, 1.807) is 12.1 Å². The molecule has 170 valence electrons. The molecule has 1 saturated carbocycles. The van der Waals surface area contributed by atoms with Gasteiger partial charge in [0.15, 0.2) is 11.6 Å². The minimum atomic E-state index is -4.27. The second-order valence-electron chi connectivity index (χ2n) is 6.74. The van der Waals surface area contributed by atoms with Crippen LogP contribution in [-0.2, 0) is 14.8 Å². The highest BCUT2D eigenvalue weighted by Crippen LogP contribution is 2.40. The lowest BCUT2D eigenvalue weighted by molar-refractivity contribution is 0.0950. The smallest absolute Gasteiger partial charge is 0.240 e. The van der Waals surface area contributed by atoms with Gasteiger partial charge < -0.3 is 9.47 Å². The van der Waals surface area contributed by atoms with Crippen molar-refractivity contribution in [2.75, 3.05) is 18.9 Å². The molecule has 1 N–H and O–H groups in total. The first-order chi connectivity index (χ1) is 16.8. The van der Waals surface area contributed by atoms with Crippen molar-refractivity contribution in [2.45, 2.75) is 37.1 Å². The summed E-state index contributed by atoms with van der Waals surface area (Å²) in [6, 6.07) is 3.30. The van der Waals surface area contributed by atoms with Gasteiger partial charge in [-0.1, -0.05) is 17.7 Å². The van der Waals surface area contributed by atoms with E-state index in [4.69, 9.17) is 26.6 Å². The van der Waals surface area contributed by atoms with Crippen LogP contribution in [0.25, 0.3) is 11.5 Å². The molecule has 11 nitrogen and oxygen atoms in total. The standard InChI is InChI=1S/C19H22ClN7O4S/c1-11(16(31-3)17-21-9-12(20)10-22-17)32(28,29)26-19-25-24-18(27(19)13-7-8-13)14-5-4-6-15(23-14)30-2/h4-6,9-11,13,16H,7-8H2,1-3H3,(H,25,26)/i7D2,8D2. The second-order valence-corrected chi connectivity index (χ2v) is 9.22. The van der Waals surface area contributed by atoms with Crippen molar-refractivity contribution in [3.8, 4) is 17.4 Å². The molecule has 0 radical (unpaired) electrons. The first-order valence-corrected chi connectivity index (χ1v) is 11.3. The molecular weight excluding hydrogens is 458 g/mol. The lowest BCUT2D eigenvalue weighted by Crippen LogP contribution is -2.33. The van der Waals surface area contributed by atoms with E-state index in [-0.39, 0.29) is 34.2 Å². The summed E-state index contributed by atoms with van der Waals surface area (Å²) in [7, 11) is -1.56. The minimum Gasteiger partial charge on any atom is -0.481 e. The third kappa shape index (κ3) is 4.52. The fourth-order valence-electron chi connectivity index (χ4n) is 2.96. The van der Waals surface area contributed by atoms with Crippen LogP contribution in [0.3, 0.4) is 0 Å². The molecule has 2 atom stereocenters. The predicted molar refractivity (Wildman–Crippen MR) is 117 cm³/mol. The minimum absolute atomic E-state index is 0.0428. The monoisotopic (exact) mass is 483 g/mol. The van der Waals surface area contributed by atoms with E-state index in [9.17, 15) is 8.42 Å². The number of hydrogen-bond acceptors (Lipinski definition) is 9. The predicted octanol–water partition coefficient (Wildman–Crippen LogP) is 2.64. The maximum absolute atomic E-state index is 13.3. The Morgan fingerprint density at radius 2 is 1.97 bits per heavy atom. The molecule has 0 bridgehead atoms. The zero-order valence-electron chi connectivity index (χ0n) is 21.2. The second kappa shape index (κ2) is 8.96. The largest absolute Gasteiger partial charge is 0.481 e. The Morgan fingerprint density at radius 3 is 2.59 bits per heavy atom. The van der Waals surface area contributed by atoms with Gasteiger partial charge in [-0.15, -0.1) is 10.2 Å². The number of pyridine rings is 1. The molecule has 3 aromatic heterocycles. The number of nitrogens with zero attached hydrogens (tertiary/aromatic N) is 6. The summed E-state index contributed by atoms with van der Waals surface area (Å²) in [5.41, 5.74) is 0.183. The number of rotatable bonds is 9. The van der Waals surface area contributed by atoms with Crippen LogP contribution in [0, 0.1) is 0 Å². The van der Waals surface area contributed by atoms with Gasteiger partial charge in [0.1, 0.15) is 17.0 Å². The fraction of sp³-hybridized carbons (Fsp3) is 0.421. The number of sulfonamides is 1. The molecule has 4 rings (SSSR count). The molecule has 3 heterocycles. The van der Waals surface area contributed by atoms with Gasteiger partial charge in [-0.25, -0.2) is 23.4 Å². The average Bonchev–Trinajstić information content (AvgIpc) is 3.08. The van der Waals surface area contributed by atoms with Crippen LogP contribution in [0.15, 0.2) is 30.6 Å². The third-order valence-corrected chi connectivity index (χ3v) is 6.58. The molecule has 0 amide bonds. The topological polar surface area (TPSA) is 134 Å². The number of hydrogen-bond donors (Lipinski definition) is 1. The highest BCUT2D eigenvalue weighted by molar-refractivity contribution is 7.93. The van der Waals surface area contributed by atoms with E-state index in [1.165, 1.54) is 39.6 Å². The van der Waals surface area contributed by atoms with Crippen LogP contribution < -0.4 is 9.46 Å². The van der Waals surface area contributed by atoms with Crippen LogP contribution >= 0.6 is 11.6 Å². The Morgan fingerprint density at radius 1 is 1.25 bits per heavy atom. The molecule has 0 spiro atoms. The first-order valence-electron chi connectivity index (χ1n) is 11.3. The Kier molecular flexibility index (Phi) is 4.96. The highest BCUT2D eigenvalue weighted by atomic mass is 35.5. The van der Waals surface area contributed by atoms with Gasteiger partial charge in [0.25, 0.3) is 0 Å². The molecule has 1 aliphatic rings. The van der Waals surface area contributed by atoms with Crippen LogP contribution in [0.4, 0.5) is 5.95 Å². The molecule has 0 aromatic carbocycles. The van der Waals surface area contributed by atoms with Crippen molar-refractivity contribution >= 4 is 27.6 Å². The van der Waals surface area contributed by atoms with E-state index in [0.717, 1.165) is 4.57 Å². The summed E-state index contributed by atoms with van der Waals surface area (Å²) >= 11 is 5.82. The Labute approximate surface area is 195 Å². The van der Waals surface area contributed by atoms with Gasteiger partial charge in [-0.3, -0.25) is 9.29 Å². The average molecular weight is 484 g/mol. The van der Waals surface area contributed by atoms with E-state index >= 15 is 0 Å². The van der Waals surface area contributed by atoms with E-state index in [1.807, 2.05) is 0 Å². The summed E-state index contributed by atoms with van der Waals surface area (Å²) in [5.74, 6) is -0.120. The molecule has 0 aliphatic heterocycles. The lowest BCUT2D eigenvalue weighted by atomic mass is 10.2. The van der Waals surface area contributed by atoms with E-state index < -0.39 is 40.2 Å². The highest BCUT2D eigenvalue weighted by Gasteiger charge is 2.36. The molecule has 32 heavy (non-hydrogen) atoms. The van der Waals surface area contributed by atoms with Gasteiger partial charge in [-0.2, -0.15) is 0 Å². The van der Waals surface area contributed by atoms with Crippen molar-refractivity contribution in [2.24, 2.45) is 0 Å². The molecule has 0 saturated heterocycles. The fourth-order valence-corrected chi connectivity index (χ4v) is 4.19. The van der Waals surface area contributed by atoms with Gasteiger partial charge in [-0.05, 0) is 25.7 Å². The van der Waals surface area contributed by atoms with Crippen LogP contribution in [0.5, 0.6) is 5.88 Å². The number of halogens is 1. The van der Waals surface area contributed by atoms with Gasteiger partial charge in [0.2, 0.25) is 21.9 Å². The maximum Gasteiger partial charge on any atom is 0.240 e. The summed E-state index contributed by atoms with van der Waals surface area (Å²) in [6.45, 7) is 1.37. The zero-order valence-corrected chi connectivity index (χ0v) is 18.8. The van der Waals surface area contributed by atoms with Crippen LogP contribution in [0.2, 0.25) is 5.02 Å². The summed E-state index contributed by atoms with van der Waals surface area (Å²) in [6.07, 6.45) is -3.11. The Balaban J connectivity index is 1.74. The van der Waals surface area contributed by atoms with Crippen molar-refractivity contribution in [1.82, 2.24) is 29.7 Å². The van der Waals surface area contributed by atoms with Crippen molar-refractivity contribution < 1.29 is 23.4 Å². The lowest BCUT2D eigenvalue weighted by Gasteiger charge is -2.22. The number of methoxy groups -OCH3 is 2. The van der Waals surface area contributed by atoms with E-state index in [0.29, 0.717) is 0 Å². The third-order valence-electron chi connectivity index (χ3n) is 4.69. The SMILES string of the molecule is [2H]C1([2H])C(n2c(NS(=O)(=O)C(C)C(OC)c3ncc(Cl)cn3)nnc2-c2cccc(OC)n2)C1([2H])[2H]. The normalized spacial score (nSPS) is 20.9. The van der Waals surface area contributed by atoms with E-state index in [2.05, 4.69) is 29.9 Å². The molecule has 1 aliphatic carbocycles. The van der Waals surface area contributed by atoms with Crippen molar-refractivity contribution in [3.63, 3.8) is 0 Å². The van der Waals surface area contributed by atoms with Gasteiger partial charge in [0.05, 0.1) is 12.1 Å². The van der Waals surface area contributed by atoms with Crippen molar-refractivity contribution in [3.05, 3.63) is 41.4 Å². The number of anilines is 1. The molecule has 13 heteroatoms. The molecule has 1 fully saturated rings. The first kappa shape index (κ1) is 17.7. The van der Waals surface area contributed by atoms with Crippen LogP contribution in [0.1, 0.15) is 43.1 Å². The Hall–Kier alpha value is -2.83. The molecular formula is C19H22ClN7O4S. The van der Waals surface area contributed by atoms with Gasteiger partial charge in [0, 0.05) is 37.1 Å². The van der Waals surface area contributed by atoms with Crippen molar-refractivity contribution in [1.29, 1.82) is 0 Å². The van der Waals surface area contributed by atoms with Crippen LogP contribution in [-0.4, -0.2) is 57.6 Å². The summed E-state index contributed by atoms with van der Waals surface area (Å²) in [5, 5.41) is 6.91. The quantitative estimate of drug-likeness (QED) is 0.487. The summed E-state index contributed by atoms with van der Waals surface area (Å²) < 4.78 is 72.9. The number of nitrogens with one attached hydrogen (secondary N) is 1. The molecule has 3 aromatic rings. The maximum atomic E-state index is 13.3. The zero-order chi connectivity index (χ0) is 26.5. The summed E-state index contributed by atoms with van der Waals surface area (Å²) in [4.78, 5) is 12.3. The number of ether oxygens (including phenoxy) is 2.